The maximum absolute atomic E-state index is 6.05. The van der Waals surface area contributed by atoms with Crippen LogP contribution in [0.2, 0.25) is 0 Å². The van der Waals surface area contributed by atoms with Crippen molar-refractivity contribution in [1.29, 1.82) is 0 Å². The molecule has 1 aromatic rings. The van der Waals surface area contributed by atoms with Crippen LogP contribution in [0.3, 0.4) is 0 Å². The average molecular weight is 244 g/mol. The number of nitrogens with one attached hydrogen (secondary N) is 1. The van der Waals surface area contributed by atoms with Crippen molar-refractivity contribution in [2.24, 2.45) is 5.73 Å². The number of piperidine rings is 1. The summed E-state index contributed by atoms with van der Waals surface area (Å²) >= 11 is 0. The van der Waals surface area contributed by atoms with Gasteiger partial charge in [-0.15, -0.1) is 0 Å². The lowest BCUT2D eigenvalue weighted by Gasteiger charge is -2.34. The predicted molar refractivity (Wildman–Crippen MR) is 75.6 cm³/mol. The second-order valence-electron chi connectivity index (χ2n) is 6.43. The Balaban J connectivity index is 1.73. The summed E-state index contributed by atoms with van der Waals surface area (Å²) in [6, 6.07) is 10.5. The minimum Gasteiger partial charge on any atom is -0.326 e. The highest BCUT2D eigenvalue weighted by atomic mass is 15.0. The van der Waals surface area contributed by atoms with Crippen molar-refractivity contribution < 1.29 is 0 Å². The van der Waals surface area contributed by atoms with E-state index in [0.29, 0.717) is 23.5 Å². The zero-order chi connectivity index (χ0) is 12.8. The Labute approximate surface area is 110 Å². The fourth-order valence-corrected chi connectivity index (χ4v) is 2.99. The van der Waals surface area contributed by atoms with Crippen molar-refractivity contribution in [3.63, 3.8) is 0 Å². The van der Waals surface area contributed by atoms with Gasteiger partial charge in [-0.1, -0.05) is 31.2 Å². The van der Waals surface area contributed by atoms with Crippen molar-refractivity contribution in [2.75, 3.05) is 0 Å². The van der Waals surface area contributed by atoms with E-state index in [1.54, 1.807) is 0 Å². The molecule has 1 aliphatic heterocycles. The number of benzene rings is 1. The van der Waals surface area contributed by atoms with Crippen LogP contribution in [0.4, 0.5) is 0 Å². The predicted octanol–water partition coefficient (Wildman–Crippen LogP) is 2.88. The van der Waals surface area contributed by atoms with Crippen LogP contribution in [-0.2, 0) is 5.41 Å². The molecule has 1 saturated carbocycles. The summed E-state index contributed by atoms with van der Waals surface area (Å²) in [6.07, 6.45) is 4.97. The van der Waals surface area contributed by atoms with Crippen LogP contribution in [0, 0.1) is 0 Å². The zero-order valence-corrected chi connectivity index (χ0v) is 11.4. The quantitative estimate of drug-likeness (QED) is 0.839. The van der Waals surface area contributed by atoms with Gasteiger partial charge in [0.2, 0.25) is 0 Å². The van der Waals surface area contributed by atoms with Crippen molar-refractivity contribution in [1.82, 2.24) is 5.32 Å². The standard InChI is InChI=1S/C16H24N2/c1-11-14(17)7-8-15(18-11)12-3-5-13(6-4-12)16(2)9-10-16/h3-6,11,14-15,18H,7-10,17H2,1-2H3. The molecule has 18 heavy (non-hydrogen) atoms. The number of rotatable bonds is 2. The second-order valence-corrected chi connectivity index (χ2v) is 6.43. The lowest BCUT2D eigenvalue weighted by molar-refractivity contribution is 0.303. The first-order valence-corrected chi connectivity index (χ1v) is 7.21. The van der Waals surface area contributed by atoms with E-state index in [-0.39, 0.29) is 0 Å². The first-order valence-electron chi connectivity index (χ1n) is 7.21. The summed E-state index contributed by atoms with van der Waals surface area (Å²) in [5.74, 6) is 0. The number of hydrogen-bond acceptors (Lipinski definition) is 2. The maximum Gasteiger partial charge on any atom is 0.0323 e. The molecule has 2 nitrogen and oxygen atoms in total. The van der Waals surface area contributed by atoms with Gasteiger partial charge in [-0.25, -0.2) is 0 Å². The third-order valence-corrected chi connectivity index (χ3v) is 4.90. The Morgan fingerprint density at radius 3 is 2.39 bits per heavy atom. The van der Waals surface area contributed by atoms with Gasteiger partial charge in [-0.3, -0.25) is 0 Å². The molecule has 0 aromatic heterocycles. The van der Waals surface area contributed by atoms with E-state index < -0.39 is 0 Å². The van der Waals surface area contributed by atoms with Gasteiger partial charge >= 0.3 is 0 Å². The molecule has 3 unspecified atom stereocenters. The number of nitrogens with two attached hydrogens (primary N) is 1. The van der Waals surface area contributed by atoms with Gasteiger partial charge < -0.3 is 11.1 Å². The molecule has 3 rings (SSSR count). The first-order chi connectivity index (χ1) is 8.58. The van der Waals surface area contributed by atoms with Crippen LogP contribution < -0.4 is 11.1 Å². The molecule has 1 heterocycles. The summed E-state index contributed by atoms with van der Waals surface area (Å²) in [5, 5.41) is 3.63. The summed E-state index contributed by atoms with van der Waals surface area (Å²) < 4.78 is 0. The van der Waals surface area contributed by atoms with Crippen molar-refractivity contribution in [3.8, 4) is 0 Å². The van der Waals surface area contributed by atoms with Gasteiger partial charge in [0.1, 0.15) is 0 Å². The molecular formula is C16H24N2. The Morgan fingerprint density at radius 2 is 1.83 bits per heavy atom. The Kier molecular flexibility index (Phi) is 2.95. The molecule has 1 aromatic carbocycles. The molecule has 98 valence electrons. The highest BCUT2D eigenvalue weighted by Gasteiger charge is 2.38. The van der Waals surface area contributed by atoms with E-state index in [2.05, 4.69) is 43.4 Å². The third-order valence-electron chi connectivity index (χ3n) is 4.90. The summed E-state index contributed by atoms with van der Waals surface area (Å²) in [4.78, 5) is 0. The topological polar surface area (TPSA) is 38.0 Å². The molecular weight excluding hydrogens is 220 g/mol. The summed E-state index contributed by atoms with van der Waals surface area (Å²) in [7, 11) is 0. The van der Waals surface area contributed by atoms with E-state index in [4.69, 9.17) is 5.73 Å². The Bertz CT molecular complexity index is 419. The molecule has 3 N–H and O–H groups in total. The van der Waals surface area contributed by atoms with Crippen LogP contribution in [-0.4, -0.2) is 12.1 Å². The fraction of sp³-hybridized carbons (Fsp3) is 0.625. The summed E-state index contributed by atoms with van der Waals surface area (Å²) in [5.41, 5.74) is 9.45. The molecule has 3 atom stereocenters. The van der Waals surface area contributed by atoms with Crippen LogP contribution in [0.5, 0.6) is 0 Å². The van der Waals surface area contributed by atoms with Gasteiger partial charge in [0.25, 0.3) is 0 Å². The van der Waals surface area contributed by atoms with Crippen LogP contribution in [0.1, 0.15) is 56.7 Å². The highest BCUT2D eigenvalue weighted by molar-refractivity contribution is 5.34. The fourth-order valence-electron chi connectivity index (χ4n) is 2.99. The van der Waals surface area contributed by atoms with Crippen molar-refractivity contribution in [3.05, 3.63) is 35.4 Å². The summed E-state index contributed by atoms with van der Waals surface area (Å²) in [6.45, 7) is 4.55. The van der Waals surface area contributed by atoms with Gasteiger partial charge in [0.05, 0.1) is 0 Å². The lowest BCUT2D eigenvalue weighted by Crippen LogP contribution is -2.48. The van der Waals surface area contributed by atoms with Crippen LogP contribution in [0.25, 0.3) is 0 Å². The second kappa shape index (κ2) is 4.36. The Hall–Kier alpha value is -0.860. The molecule has 0 amide bonds. The average Bonchev–Trinajstić information content (AvgIpc) is 3.12. The minimum absolute atomic E-state index is 0.311. The van der Waals surface area contributed by atoms with Crippen LogP contribution >= 0.6 is 0 Å². The Morgan fingerprint density at radius 1 is 1.17 bits per heavy atom. The minimum atomic E-state index is 0.311. The van der Waals surface area contributed by atoms with E-state index in [9.17, 15) is 0 Å². The zero-order valence-electron chi connectivity index (χ0n) is 11.4. The van der Waals surface area contributed by atoms with Gasteiger partial charge in [-0.2, -0.15) is 0 Å². The normalized spacial score (nSPS) is 34.3. The monoisotopic (exact) mass is 244 g/mol. The van der Waals surface area contributed by atoms with Gasteiger partial charge in [-0.05, 0) is 49.1 Å². The molecule has 2 fully saturated rings. The molecule has 0 radical (unpaired) electrons. The van der Waals surface area contributed by atoms with Gasteiger partial charge in [0.15, 0.2) is 0 Å². The molecule has 0 bridgehead atoms. The van der Waals surface area contributed by atoms with Crippen molar-refractivity contribution in [2.45, 2.75) is 63.1 Å². The first kappa shape index (κ1) is 12.2. The van der Waals surface area contributed by atoms with E-state index >= 15 is 0 Å². The molecule has 0 spiro atoms. The van der Waals surface area contributed by atoms with Gasteiger partial charge in [0, 0.05) is 18.1 Å². The molecule has 1 saturated heterocycles. The lowest BCUT2D eigenvalue weighted by atomic mass is 9.89. The van der Waals surface area contributed by atoms with E-state index in [0.717, 1.165) is 12.8 Å². The number of hydrogen-bond donors (Lipinski definition) is 2. The third kappa shape index (κ3) is 2.19. The molecule has 1 aliphatic carbocycles. The SMILES string of the molecule is CC1NC(c2ccc(C3(C)CC3)cc2)CCC1N. The van der Waals surface area contributed by atoms with E-state index in [1.807, 2.05) is 0 Å². The smallest absolute Gasteiger partial charge is 0.0323 e. The van der Waals surface area contributed by atoms with E-state index in [1.165, 1.54) is 24.0 Å². The largest absolute Gasteiger partial charge is 0.326 e. The molecule has 2 aliphatic rings. The highest BCUT2D eigenvalue weighted by Crippen LogP contribution is 2.47. The van der Waals surface area contributed by atoms with Crippen molar-refractivity contribution >= 4 is 0 Å². The molecule has 2 heteroatoms. The van der Waals surface area contributed by atoms with Crippen LogP contribution in [0.15, 0.2) is 24.3 Å². The maximum atomic E-state index is 6.05.